The second-order valence-corrected chi connectivity index (χ2v) is 6.65. The predicted molar refractivity (Wildman–Crippen MR) is 100.0 cm³/mol. The highest BCUT2D eigenvalue weighted by molar-refractivity contribution is 6.01. The molecule has 0 radical (unpaired) electrons. The Morgan fingerprint density at radius 2 is 1.88 bits per heavy atom. The fourth-order valence-electron chi connectivity index (χ4n) is 2.44. The van der Waals surface area contributed by atoms with Crippen LogP contribution in [-0.4, -0.2) is 25.7 Å². The summed E-state index contributed by atoms with van der Waals surface area (Å²) in [5.41, 5.74) is 1.04. The van der Waals surface area contributed by atoms with Crippen molar-refractivity contribution in [3.63, 3.8) is 0 Å². The molecule has 0 bridgehead atoms. The van der Waals surface area contributed by atoms with Gasteiger partial charge in [-0.05, 0) is 44.2 Å². The molecule has 0 fully saturated rings. The summed E-state index contributed by atoms with van der Waals surface area (Å²) in [5.74, 6) is 1.09. The summed E-state index contributed by atoms with van der Waals surface area (Å²) in [6.45, 7) is 3.92. The minimum Gasteiger partial charge on any atom is -0.497 e. The summed E-state index contributed by atoms with van der Waals surface area (Å²) in [5, 5.41) is 8.31. The van der Waals surface area contributed by atoms with Crippen LogP contribution in [0, 0.1) is 5.41 Å². The molecule has 0 atom stereocenters. The number of ether oxygens (including phenoxy) is 2. The van der Waals surface area contributed by atoms with Crippen molar-refractivity contribution >= 4 is 29.0 Å². The van der Waals surface area contributed by atoms with Gasteiger partial charge in [0.1, 0.15) is 18.1 Å². The molecule has 3 amide bonds. The molecule has 1 aliphatic rings. The summed E-state index contributed by atoms with van der Waals surface area (Å²) in [7, 11) is 1.56. The van der Waals surface area contributed by atoms with Gasteiger partial charge in [0.2, 0.25) is 5.91 Å². The Balaban J connectivity index is 1.71. The van der Waals surface area contributed by atoms with Crippen molar-refractivity contribution in [2.75, 3.05) is 29.7 Å². The number of nitrogens with one attached hydrogen (secondary N) is 3. The third kappa shape index (κ3) is 3.88. The third-order valence-electron chi connectivity index (χ3n) is 4.02. The SMILES string of the molecule is COc1cccc(NC(=O)Nc2ccc3c(c2)NC(=O)C(C)(C)CO3)c1. The van der Waals surface area contributed by atoms with E-state index in [2.05, 4.69) is 16.0 Å². The molecular formula is C19H21N3O4. The van der Waals surface area contributed by atoms with Gasteiger partial charge in [-0.3, -0.25) is 4.79 Å². The maximum atomic E-state index is 12.2. The molecule has 0 spiro atoms. The molecule has 2 aromatic rings. The number of carbonyl (C=O) groups excluding carboxylic acids is 2. The minimum absolute atomic E-state index is 0.130. The first-order chi connectivity index (χ1) is 12.4. The van der Waals surface area contributed by atoms with Gasteiger partial charge >= 0.3 is 6.03 Å². The molecular weight excluding hydrogens is 334 g/mol. The van der Waals surface area contributed by atoms with Gasteiger partial charge in [0.25, 0.3) is 0 Å². The first-order valence-corrected chi connectivity index (χ1v) is 8.18. The second-order valence-electron chi connectivity index (χ2n) is 6.65. The number of fused-ring (bicyclic) bond motifs is 1. The molecule has 3 rings (SSSR count). The van der Waals surface area contributed by atoms with Crippen LogP contribution in [0.25, 0.3) is 0 Å². The van der Waals surface area contributed by atoms with E-state index < -0.39 is 11.4 Å². The Hall–Kier alpha value is -3.22. The summed E-state index contributed by atoms with van der Waals surface area (Å²) >= 11 is 0. The fraction of sp³-hybridized carbons (Fsp3) is 0.263. The van der Waals surface area contributed by atoms with E-state index in [1.54, 1.807) is 49.6 Å². The standard InChI is InChI=1S/C19H21N3O4/c1-19(2)11-26-16-8-7-13(10-15(16)22-17(19)23)21-18(24)20-12-5-4-6-14(9-12)25-3/h4-10H,11H2,1-3H3,(H,22,23)(H2,20,21,24). The molecule has 3 N–H and O–H groups in total. The van der Waals surface area contributed by atoms with Gasteiger partial charge in [0.15, 0.2) is 0 Å². The van der Waals surface area contributed by atoms with Crippen molar-refractivity contribution in [3.05, 3.63) is 42.5 Å². The number of urea groups is 1. The Labute approximate surface area is 151 Å². The molecule has 1 heterocycles. The Morgan fingerprint density at radius 1 is 1.15 bits per heavy atom. The zero-order chi connectivity index (χ0) is 18.7. The predicted octanol–water partition coefficient (Wildman–Crippen LogP) is 3.70. The fourth-order valence-corrected chi connectivity index (χ4v) is 2.44. The normalized spacial score (nSPS) is 15.0. The number of hydrogen-bond donors (Lipinski definition) is 3. The van der Waals surface area contributed by atoms with Gasteiger partial charge < -0.3 is 25.4 Å². The smallest absolute Gasteiger partial charge is 0.323 e. The maximum absolute atomic E-state index is 12.2. The average molecular weight is 355 g/mol. The average Bonchev–Trinajstić information content (AvgIpc) is 2.71. The number of hydrogen-bond acceptors (Lipinski definition) is 4. The van der Waals surface area contributed by atoms with Crippen molar-refractivity contribution in [1.82, 2.24) is 0 Å². The molecule has 26 heavy (non-hydrogen) atoms. The highest BCUT2D eigenvalue weighted by Gasteiger charge is 2.32. The number of carbonyl (C=O) groups is 2. The zero-order valence-corrected chi connectivity index (χ0v) is 14.9. The van der Waals surface area contributed by atoms with Crippen molar-refractivity contribution < 1.29 is 19.1 Å². The van der Waals surface area contributed by atoms with Crippen LogP contribution in [0.2, 0.25) is 0 Å². The monoisotopic (exact) mass is 355 g/mol. The van der Waals surface area contributed by atoms with Crippen molar-refractivity contribution in [2.24, 2.45) is 5.41 Å². The number of amides is 3. The van der Waals surface area contributed by atoms with Crippen molar-refractivity contribution in [2.45, 2.75) is 13.8 Å². The highest BCUT2D eigenvalue weighted by Crippen LogP contribution is 2.34. The van der Waals surface area contributed by atoms with E-state index in [0.717, 1.165) is 0 Å². The molecule has 7 nitrogen and oxygen atoms in total. The molecule has 7 heteroatoms. The van der Waals surface area contributed by atoms with Crippen molar-refractivity contribution in [3.8, 4) is 11.5 Å². The lowest BCUT2D eigenvalue weighted by Crippen LogP contribution is -2.33. The lowest BCUT2D eigenvalue weighted by molar-refractivity contribution is -0.124. The topological polar surface area (TPSA) is 88.7 Å². The second kappa shape index (κ2) is 6.95. The van der Waals surface area contributed by atoms with Crippen LogP contribution in [0.3, 0.4) is 0 Å². The molecule has 1 aliphatic heterocycles. The zero-order valence-electron chi connectivity index (χ0n) is 14.9. The summed E-state index contributed by atoms with van der Waals surface area (Å²) in [6, 6.07) is 11.7. The van der Waals surface area contributed by atoms with Crippen LogP contribution < -0.4 is 25.4 Å². The van der Waals surface area contributed by atoms with E-state index in [4.69, 9.17) is 9.47 Å². The molecule has 0 aromatic heterocycles. The first kappa shape index (κ1) is 17.6. The third-order valence-corrected chi connectivity index (χ3v) is 4.02. The molecule has 0 saturated carbocycles. The van der Waals surface area contributed by atoms with Gasteiger partial charge in [-0.1, -0.05) is 6.07 Å². The number of methoxy groups -OCH3 is 1. The van der Waals surface area contributed by atoms with Crippen LogP contribution >= 0.6 is 0 Å². The molecule has 0 aliphatic carbocycles. The van der Waals surface area contributed by atoms with Gasteiger partial charge in [-0.15, -0.1) is 0 Å². The lowest BCUT2D eigenvalue weighted by atomic mass is 9.94. The highest BCUT2D eigenvalue weighted by atomic mass is 16.5. The van der Waals surface area contributed by atoms with Crippen molar-refractivity contribution in [1.29, 1.82) is 0 Å². The summed E-state index contributed by atoms with van der Waals surface area (Å²) < 4.78 is 10.8. The summed E-state index contributed by atoms with van der Waals surface area (Å²) in [4.78, 5) is 24.4. The largest absolute Gasteiger partial charge is 0.497 e. The van der Waals surface area contributed by atoms with E-state index in [1.807, 2.05) is 13.8 Å². The molecule has 136 valence electrons. The Kier molecular flexibility index (Phi) is 4.71. The van der Waals surface area contributed by atoms with E-state index in [0.29, 0.717) is 28.6 Å². The maximum Gasteiger partial charge on any atom is 0.323 e. The van der Waals surface area contributed by atoms with Crippen LogP contribution in [0.15, 0.2) is 42.5 Å². The van der Waals surface area contributed by atoms with Gasteiger partial charge in [-0.2, -0.15) is 0 Å². The van der Waals surface area contributed by atoms with E-state index >= 15 is 0 Å². The van der Waals surface area contributed by atoms with E-state index in [-0.39, 0.29) is 12.5 Å². The van der Waals surface area contributed by atoms with Crippen LogP contribution in [-0.2, 0) is 4.79 Å². The van der Waals surface area contributed by atoms with Gasteiger partial charge in [0.05, 0.1) is 18.2 Å². The van der Waals surface area contributed by atoms with E-state index in [9.17, 15) is 9.59 Å². The summed E-state index contributed by atoms with van der Waals surface area (Å²) in [6.07, 6.45) is 0. The van der Waals surface area contributed by atoms with Crippen LogP contribution in [0.1, 0.15) is 13.8 Å². The minimum atomic E-state index is -0.629. The molecule has 0 saturated heterocycles. The van der Waals surface area contributed by atoms with Crippen LogP contribution in [0.4, 0.5) is 21.9 Å². The van der Waals surface area contributed by atoms with Gasteiger partial charge in [-0.25, -0.2) is 4.79 Å². The number of anilines is 3. The van der Waals surface area contributed by atoms with Gasteiger partial charge in [0, 0.05) is 17.4 Å². The quantitative estimate of drug-likeness (QED) is 0.783. The number of benzene rings is 2. The first-order valence-electron chi connectivity index (χ1n) is 8.18. The lowest BCUT2D eigenvalue weighted by Gasteiger charge is -2.18. The molecule has 2 aromatic carbocycles. The van der Waals surface area contributed by atoms with E-state index in [1.165, 1.54) is 0 Å². The number of rotatable bonds is 3. The molecule has 0 unspecified atom stereocenters. The Bertz CT molecular complexity index is 848. The van der Waals surface area contributed by atoms with Crippen LogP contribution in [0.5, 0.6) is 11.5 Å². The Morgan fingerprint density at radius 3 is 2.62 bits per heavy atom.